The molecule has 0 saturated carbocycles. The van der Waals surface area contributed by atoms with Gasteiger partial charge in [-0.1, -0.05) is 30.7 Å². The number of nitrogens with zero attached hydrogens (tertiary/aromatic N) is 1. The number of fused-ring (bicyclic) bond motifs is 1. The number of hydrogen-bond donors (Lipinski definition) is 1. The van der Waals surface area contributed by atoms with E-state index in [1.165, 1.54) is 50.0 Å². The van der Waals surface area contributed by atoms with Crippen molar-refractivity contribution in [3.05, 3.63) is 35.4 Å². The Bertz CT molecular complexity index is 411. The van der Waals surface area contributed by atoms with Crippen LogP contribution in [0.3, 0.4) is 0 Å². The second-order valence-electron chi connectivity index (χ2n) is 6.20. The van der Waals surface area contributed by atoms with Crippen molar-refractivity contribution in [1.82, 2.24) is 4.90 Å². The van der Waals surface area contributed by atoms with Crippen LogP contribution in [0.25, 0.3) is 0 Å². The third kappa shape index (κ3) is 3.18. The molecular weight excluding hydrogens is 234 g/mol. The quantitative estimate of drug-likeness (QED) is 0.902. The van der Waals surface area contributed by atoms with Crippen molar-refractivity contribution >= 4 is 0 Å². The molecule has 19 heavy (non-hydrogen) atoms. The van der Waals surface area contributed by atoms with Crippen molar-refractivity contribution in [3.63, 3.8) is 0 Å². The summed E-state index contributed by atoms with van der Waals surface area (Å²) in [6, 6.07) is 8.60. The van der Waals surface area contributed by atoms with Crippen LogP contribution in [0.4, 0.5) is 0 Å². The molecule has 1 aliphatic carbocycles. The Morgan fingerprint density at radius 1 is 1.00 bits per heavy atom. The fourth-order valence-corrected chi connectivity index (χ4v) is 3.59. The highest BCUT2D eigenvalue weighted by Gasteiger charge is 2.26. The largest absolute Gasteiger partial charge is 0.392 e. The summed E-state index contributed by atoms with van der Waals surface area (Å²) < 4.78 is 0. The van der Waals surface area contributed by atoms with Gasteiger partial charge in [0.1, 0.15) is 0 Å². The van der Waals surface area contributed by atoms with Crippen LogP contribution in [0.15, 0.2) is 24.3 Å². The maximum Gasteiger partial charge on any atom is 0.0612 e. The molecule has 0 spiro atoms. The molecule has 1 aliphatic heterocycles. The smallest absolute Gasteiger partial charge is 0.0612 e. The molecule has 3 rings (SSSR count). The first-order chi connectivity index (χ1) is 9.33. The second kappa shape index (κ2) is 6.06. The third-order valence-electron chi connectivity index (χ3n) is 4.84. The van der Waals surface area contributed by atoms with Gasteiger partial charge in [0.15, 0.2) is 0 Å². The van der Waals surface area contributed by atoms with Gasteiger partial charge in [-0.2, -0.15) is 0 Å². The van der Waals surface area contributed by atoms with Crippen LogP contribution in [0, 0.1) is 5.92 Å². The van der Waals surface area contributed by atoms with E-state index in [0.29, 0.717) is 5.92 Å². The zero-order valence-electron chi connectivity index (χ0n) is 11.7. The predicted octanol–water partition coefficient (Wildman–Crippen LogP) is 2.64. The summed E-state index contributed by atoms with van der Waals surface area (Å²) in [6.45, 7) is 3.70. The Labute approximate surface area is 116 Å². The number of hydrogen-bond acceptors (Lipinski definition) is 2. The fraction of sp³-hybridized carbons (Fsp3) is 0.647. The van der Waals surface area contributed by atoms with Gasteiger partial charge in [-0.25, -0.2) is 0 Å². The normalized spacial score (nSPS) is 28.1. The fourth-order valence-electron chi connectivity index (χ4n) is 3.59. The minimum absolute atomic E-state index is 0.139. The standard InChI is InChI=1S/C17H25NO/c19-17-13-15-7-3-2-6-14(15)12-16(17)8-11-18-9-4-1-5-10-18/h2-3,6-7,16-17,19H,1,4-5,8-13H2/t16-,17-/m1/s1. The third-order valence-corrected chi connectivity index (χ3v) is 4.84. The van der Waals surface area contributed by atoms with E-state index in [-0.39, 0.29) is 6.10 Å². The summed E-state index contributed by atoms with van der Waals surface area (Å²) in [5, 5.41) is 10.3. The first-order valence-corrected chi connectivity index (χ1v) is 7.80. The van der Waals surface area contributed by atoms with Crippen molar-refractivity contribution in [1.29, 1.82) is 0 Å². The number of rotatable bonds is 3. The molecule has 0 radical (unpaired) electrons. The van der Waals surface area contributed by atoms with Gasteiger partial charge in [-0.05, 0) is 68.8 Å². The first kappa shape index (κ1) is 13.1. The number of piperidine rings is 1. The lowest BCUT2D eigenvalue weighted by molar-refractivity contribution is 0.0840. The van der Waals surface area contributed by atoms with Crippen LogP contribution in [0.5, 0.6) is 0 Å². The van der Waals surface area contributed by atoms with Gasteiger partial charge in [0.2, 0.25) is 0 Å². The predicted molar refractivity (Wildman–Crippen MR) is 78.3 cm³/mol. The van der Waals surface area contributed by atoms with Gasteiger partial charge >= 0.3 is 0 Å². The number of likely N-dealkylation sites (tertiary alicyclic amines) is 1. The molecule has 2 atom stereocenters. The number of benzene rings is 1. The van der Waals surface area contributed by atoms with E-state index in [4.69, 9.17) is 0 Å². The molecule has 1 heterocycles. The minimum Gasteiger partial charge on any atom is -0.392 e. The highest BCUT2D eigenvalue weighted by atomic mass is 16.3. The van der Waals surface area contributed by atoms with Crippen molar-refractivity contribution < 1.29 is 5.11 Å². The molecule has 0 bridgehead atoms. The molecule has 1 aromatic rings. The highest BCUT2D eigenvalue weighted by molar-refractivity contribution is 5.30. The van der Waals surface area contributed by atoms with Crippen LogP contribution in [-0.2, 0) is 12.8 Å². The lowest BCUT2D eigenvalue weighted by atomic mass is 9.80. The molecule has 2 nitrogen and oxygen atoms in total. The maximum absolute atomic E-state index is 10.3. The van der Waals surface area contributed by atoms with Gasteiger partial charge in [-0.15, -0.1) is 0 Å². The highest BCUT2D eigenvalue weighted by Crippen LogP contribution is 2.28. The van der Waals surface area contributed by atoms with E-state index < -0.39 is 0 Å². The van der Waals surface area contributed by atoms with Crippen molar-refractivity contribution in [2.75, 3.05) is 19.6 Å². The summed E-state index contributed by atoms with van der Waals surface area (Å²) >= 11 is 0. The van der Waals surface area contributed by atoms with Gasteiger partial charge in [0, 0.05) is 0 Å². The Morgan fingerprint density at radius 2 is 1.68 bits per heavy atom. The molecule has 104 valence electrons. The van der Waals surface area contributed by atoms with Crippen molar-refractivity contribution in [3.8, 4) is 0 Å². The maximum atomic E-state index is 10.3. The van der Waals surface area contributed by atoms with Crippen LogP contribution in [0.1, 0.15) is 36.8 Å². The van der Waals surface area contributed by atoms with Gasteiger partial charge in [0.25, 0.3) is 0 Å². The van der Waals surface area contributed by atoms with E-state index in [1.54, 1.807) is 0 Å². The van der Waals surface area contributed by atoms with E-state index in [1.807, 2.05) is 0 Å². The molecule has 0 amide bonds. The van der Waals surface area contributed by atoms with Crippen LogP contribution in [0.2, 0.25) is 0 Å². The van der Waals surface area contributed by atoms with Gasteiger partial charge in [0.05, 0.1) is 6.10 Å². The summed E-state index contributed by atoms with van der Waals surface area (Å²) in [7, 11) is 0. The average molecular weight is 259 g/mol. The van der Waals surface area contributed by atoms with E-state index in [0.717, 1.165) is 19.3 Å². The molecule has 1 saturated heterocycles. The van der Waals surface area contributed by atoms with Crippen LogP contribution >= 0.6 is 0 Å². The van der Waals surface area contributed by atoms with E-state index in [9.17, 15) is 5.11 Å². The zero-order chi connectivity index (χ0) is 13.1. The molecule has 2 aliphatic rings. The lowest BCUT2D eigenvalue weighted by Gasteiger charge is -2.33. The van der Waals surface area contributed by atoms with Crippen LogP contribution in [-0.4, -0.2) is 35.7 Å². The molecule has 0 unspecified atom stereocenters. The number of aliphatic hydroxyl groups is 1. The lowest BCUT2D eigenvalue weighted by Crippen LogP contribution is -2.36. The Kier molecular flexibility index (Phi) is 4.19. The monoisotopic (exact) mass is 259 g/mol. The molecule has 1 fully saturated rings. The van der Waals surface area contributed by atoms with Crippen LogP contribution < -0.4 is 0 Å². The Balaban J connectivity index is 1.56. The first-order valence-electron chi connectivity index (χ1n) is 7.80. The van der Waals surface area contributed by atoms with Gasteiger partial charge in [-0.3, -0.25) is 0 Å². The molecule has 2 heteroatoms. The topological polar surface area (TPSA) is 23.5 Å². The number of aliphatic hydroxyl groups excluding tert-OH is 1. The summed E-state index contributed by atoms with van der Waals surface area (Å²) in [5.74, 6) is 0.455. The summed E-state index contributed by atoms with van der Waals surface area (Å²) in [6.07, 6.45) is 7.03. The van der Waals surface area contributed by atoms with E-state index >= 15 is 0 Å². The Hall–Kier alpha value is -0.860. The minimum atomic E-state index is -0.139. The average Bonchev–Trinajstić information content (AvgIpc) is 2.46. The molecule has 1 N–H and O–H groups in total. The Morgan fingerprint density at radius 3 is 2.42 bits per heavy atom. The van der Waals surface area contributed by atoms with Crippen molar-refractivity contribution in [2.45, 2.75) is 44.6 Å². The molecule has 0 aromatic heterocycles. The molecular formula is C17H25NO. The molecule has 1 aromatic carbocycles. The second-order valence-corrected chi connectivity index (χ2v) is 6.20. The SMILES string of the molecule is O[C@@H]1Cc2ccccc2C[C@H]1CCN1CCCCC1. The van der Waals surface area contributed by atoms with E-state index in [2.05, 4.69) is 29.2 Å². The summed E-state index contributed by atoms with van der Waals surface area (Å²) in [5.41, 5.74) is 2.81. The zero-order valence-corrected chi connectivity index (χ0v) is 11.7. The van der Waals surface area contributed by atoms with Gasteiger partial charge < -0.3 is 10.0 Å². The van der Waals surface area contributed by atoms with Crippen molar-refractivity contribution in [2.24, 2.45) is 5.92 Å². The summed E-state index contributed by atoms with van der Waals surface area (Å²) in [4.78, 5) is 2.58.